The molecule has 0 unspecified atom stereocenters. The first kappa shape index (κ1) is 10.9. The Labute approximate surface area is 94.4 Å². The van der Waals surface area contributed by atoms with E-state index < -0.39 is 6.43 Å². The lowest BCUT2D eigenvalue weighted by Crippen LogP contribution is -1.98. The van der Waals surface area contributed by atoms with E-state index in [1.54, 1.807) is 12.4 Å². The quantitative estimate of drug-likeness (QED) is 0.894. The Hall–Kier alpha value is -1.63. The van der Waals surface area contributed by atoms with E-state index in [4.69, 9.17) is 0 Å². The molecule has 0 atom stereocenters. The van der Waals surface area contributed by atoms with Crippen LogP contribution in [0.4, 0.5) is 13.9 Å². The highest BCUT2D eigenvalue weighted by atomic mass is 32.1. The van der Waals surface area contributed by atoms with Gasteiger partial charge in [-0.25, -0.2) is 8.78 Å². The van der Waals surface area contributed by atoms with Crippen LogP contribution in [0.3, 0.4) is 0 Å². The SMILES string of the molecule is FC(F)c1nnc(NCc2ccncc2)s1. The second-order valence-corrected chi connectivity index (χ2v) is 3.96. The van der Waals surface area contributed by atoms with Crippen LogP contribution in [0.15, 0.2) is 24.5 Å². The van der Waals surface area contributed by atoms with Crippen LogP contribution in [0.25, 0.3) is 0 Å². The van der Waals surface area contributed by atoms with Crippen LogP contribution in [-0.2, 0) is 6.54 Å². The molecule has 0 amide bonds. The smallest absolute Gasteiger partial charge is 0.291 e. The Balaban J connectivity index is 1.95. The molecule has 2 heterocycles. The van der Waals surface area contributed by atoms with Crippen LogP contribution in [0.2, 0.25) is 0 Å². The first-order valence-corrected chi connectivity index (χ1v) is 5.31. The van der Waals surface area contributed by atoms with Crippen molar-refractivity contribution in [3.63, 3.8) is 0 Å². The summed E-state index contributed by atoms with van der Waals surface area (Å²) in [4.78, 5) is 3.88. The van der Waals surface area contributed by atoms with Crippen molar-refractivity contribution in [2.24, 2.45) is 0 Å². The Kier molecular flexibility index (Phi) is 3.35. The Bertz CT molecular complexity index is 446. The van der Waals surface area contributed by atoms with E-state index >= 15 is 0 Å². The fourth-order valence-electron chi connectivity index (χ4n) is 1.07. The molecule has 0 radical (unpaired) electrons. The molecule has 1 N–H and O–H groups in total. The molecule has 0 bridgehead atoms. The number of rotatable bonds is 4. The largest absolute Gasteiger partial charge is 0.356 e. The number of pyridine rings is 1. The number of anilines is 1. The first-order chi connectivity index (χ1) is 7.75. The molecule has 0 spiro atoms. The predicted octanol–water partition coefficient (Wildman–Crippen LogP) is 2.48. The number of hydrogen-bond donors (Lipinski definition) is 1. The topological polar surface area (TPSA) is 50.7 Å². The van der Waals surface area contributed by atoms with Gasteiger partial charge < -0.3 is 5.32 Å². The van der Waals surface area contributed by atoms with Crippen molar-refractivity contribution >= 4 is 16.5 Å². The van der Waals surface area contributed by atoms with E-state index in [9.17, 15) is 8.78 Å². The Morgan fingerprint density at radius 2 is 2.00 bits per heavy atom. The third-order valence-corrected chi connectivity index (χ3v) is 2.71. The molecule has 4 nitrogen and oxygen atoms in total. The third-order valence-electron chi connectivity index (χ3n) is 1.82. The summed E-state index contributed by atoms with van der Waals surface area (Å²) >= 11 is 0.861. The Morgan fingerprint density at radius 1 is 1.25 bits per heavy atom. The first-order valence-electron chi connectivity index (χ1n) is 4.50. The van der Waals surface area contributed by atoms with Crippen LogP contribution in [-0.4, -0.2) is 15.2 Å². The van der Waals surface area contributed by atoms with Gasteiger partial charge in [0.2, 0.25) is 5.13 Å². The summed E-state index contributed by atoms with van der Waals surface area (Å²) in [6.45, 7) is 0.514. The molecule has 0 fully saturated rings. The van der Waals surface area contributed by atoms with Crippen molar-refractivity contribution in [2.75, 3.05) is 5.32 Å². The molecule has 2 aromatic rings. The third kappa shape index (κ3) is 2.69. The van der Waals surface area contributed by atoms with Crippen LogP contribution in [0.1, 0.15) is 17.0 Å². The molecule has 0 aromatic carbocycles. The molecule has 84 valence electrons. The molecule has 0 aliphatic heterocycles. The van der Waals surface area contributed by atoms with Crippen LogP contribution in [0, 0.1) is 0 Å². The zero-order chi connectivity index (χ0) is 11.4. The number of aromatic nitrogens is 3. The number of nitrogens with one attached hydrogen (secondary N) is 1. The molecule has 7 heteroatoms. The molecular formula is C9H8F2N4S. The number of alkyl halides is 2. The van der Waals surface area contributed by atoms with Crippen molar-refractivity contribution < 1.29 is 8.78 Å². The minimum atomic E-state index is -2.56. The summed E-state index contributed by atoms with van der Waals surface area (Å²) in [5.74, 6) is 0. The van der Waals surface area contributed by atoms with Gasteiger partial charge in [0.1, 0.15) is 0 Å². The summed E-state index contributed by atoms with van der Waals surface area (Å²) in [6, 6.07) is 3.67. The highest BCUT2D eigenvalue weighted by Crippen LogP contribution is 2.25. The highest BCUT2D eigenvalue weighted by Gasteiger charge is 2.13. The van der Waals surface area contributed by atoms with Crippen molar-refractivity contribution in [3.05, 3.63) is 35.1 Å². The molecule has 2 rings (SSSR count). The summed E-state index contributed by atoms with van der Waals surface area (Å²) in [7, 11) is 0. The lowest BCUT2D eigenvalue weighted by Gasteiger charge is -2.00. The maximum absolute atomic E-state index is 12.2. The highest BCUT2D eigenvalue weighted by molar-refractivity contribution is 7.15. The summed E-state index contributed by atoms with van der Waals surface area (Å²) in [5, 5.41) is 10.0. The van der Waals surface area contributed by atoms with E-state index in [1.165, 1.54) is 0 Å². The minimum absolute atomic E-state index is 0.266. The van der Waals surface area contributed by atoms with Gasteiger partial charge in [-0.15, -0.1) is 10.2 Å². The normalized spacial score (nSPS) is 10.7. The second-order valence-electron chi connectivity index (χ2n) is 2.96. The van der Waals surface area contributed by atoms with Crippen molar-refractivity contribution in [2.45, 2.75) is 13.0 Å². The van der Waals surface area contributed by atoms with E-state index in [-0.39, 0.29) is 5.01 Å². The Morgan fingerprint density at radius 3 is 2.62 bits per heavy atom. The average Bonchev–Trinajstić information content (AvgIpc) is 2.76. The van der Waals surface area contributed by atoms with Crippen molar-refractivity contribution in [1.29, 1.82) is 0 Å². The number of halogens is 2. The van der Waals surface area contributed by atoms with Crippen molar-refractivity contribution in [1.82, 2.24) is 15.2 Å². The van der Waals surface area contributed by atoms with Gasteiger partial charge in [0.25, 0.3) is 6.43 Å². The summed E-state index contributed by atoms with van der Waals surface area (Å²) in [6.07, 6.45) is 0.776. The van der Waals surface area contributed by atoms with Gasteiger partial charge in [-0.1, -0.05) is 11.3 Å². The molecular weight excluding hydrogens is 234 g/mol. The molecule has 0 saturated heterocycles. The maximum Gasteiger partial charge on any atom is 0.291 e. The zero-order valence-corrected chi connectivity index (χ0v) is 8.92. The lowest BCUT2D eigenvalue weighted by molar-refractivity contribution is 0.150. The molecule has 16 heavy (non-hydrogen) atoms. The van der Waals surface area contributed by atoms with Crippen LogP contribution >= 0.6 is 11.3 Å². The summed E-state index contributed by atoms with van der Waals surface area (Å²) in [5.41, 5.74) is 1.00. The standard InChI is InChI=1S/C9H8F2N4S/c10-7(11)8-14-15-9(16-8)13-5-6-1-3-12-4-2-6/h1-4,7H,5H2,(H,13,15). The number of hydrogen-bond acceptors (Lipinski definition) is 5. The van der Waals surface area contributed by atoms with Gasteiger partial charge in [0, 0.05) is 18.9 Å². The summed E-state index contributed by atoms with van der Waals surface area (Å²) < 4.78 is 24.4. The fraction of sp³-hybridized carbons (Fsp3) is 0.222. The monoisotopic (exact) mass is 242 g/mol. The van der Waals surface area contributed by atoms with Gasteiger partial charge in [-0.2, -0.15) is 0 Å². The van der Waals surface area contributed by atoms with Gasteiger partial charge in [0.05, 0.1) is 0 Å². The lowest BCUT2D eigenvalue weighted by atomic mass is 10.3. The van der Waals surface area contributed by atoms with E-state index in [0.29, 0.717) is 11.7 Å². The second kappa shape index (κ2) is 4.93. The predicted molar refractivity (Wildman–Crippen MR) is 56.4 cm³/mol. The van der Waals surface area contributed by atoms with Gasteiger partial charge in [-0.3, -0.25) is 4.98 Å². The van der Waals surface area contributed by atoms with E-state index in [2.05, 4.69) is 20.5 Å². The van der Waals surface area contributed by atoms with Crippen LogP contribution < -0.4 is 5.32 Å². The van der Waals surface area contributed by atoms with Gasteiger partial charge in [0.15, 0.2) is 5.01 Å². The minimum Gasteiger partial charge on any atom is -0.356 e. The molecule has 0 aliphatic carbocycles. The molecule has 0 saturated carbocycles. The maximum atomic E-state index is 12.2. The fourth-order valence-corrected chi connectivity index (χ4v) is 1.67. The van der Waals surface area contributed by atoms with Gasteiger partial charge in [-0.05, 0) is 17.7 Å². The zero-order valence-electron chi connectivity index (χ0n) is 8.10. The molecule has 0 aliphatic rings. The average molecular weight is 242 g/mol. The van der Waals surface area contributed by atoms with Crippen molar-refractivity contribution in [3.8, 4) is 0 Å². The molecule has 2 aromatic heterocycles. The van der Waals surface area contributed by atoms with Gasteiger partial charge >= 0.3 is 0 Å². The van der Waals surface area contributed by atoms with Crippen LogP contribution in [0.5, 0.6) is 0 Å². The van der Waals surface area contributed by atoms with E-state index in [0.717, 1.165) is 16.9 Å². The number of nitrogens with zero attached hydrogens (tertiary/aromatic N) is 3. The van der Waals surface area contributed by atoms with E-state index in [1.807, 2.05) is 12.1 Å².